The lowest BCUT2D eigenvalue weighted by atomic mass is 10.0. The van der Waals surface area contributed by atoms with E-state index in [4.69, 9.17) is 0 Å². The highest BCUT2D eigenvalue weighted by molar-refractivity contribution is 7.99. The molecular formula is C32H46OS. The number of allylic oxidation sites excluding steroid dienone is 1. The van der Waals surface area contributed by atoms with Crippen LogP contribution in [0, 0.1) is 0 Å². The van der Waals surface area contributed by atoms with E-state index in [1.807, 2.05) is 36.0 Å². The molecular weight excluding hydrogens is 432 g/mol. The molecule has 0 aromatic heterocycles. The van der Waals surface area contributed by atoms with Gasteiger partial charge in [-0.15, -0.1) is 11.8 Å². The third-order valence-corrected chi connectivity index (χ3v) is 7.49. The van der Waals surface area contributed by atoms with Crippen molar-refractivity contribution < 1.29 is 4.79 Å². The second-order valence-electron chi connectivity index (χ2n) is 9.41. The predicted molar refractivity (Wildman–Crippen MR) is 152 cm³/mol. The first-order valence-corrected chi connectivity index (χ1v) is 14.8. The number of carbonyl (C=O) groups excluding carboxylic acids is 1. The van der Waals surface area contributed by atoms with Crippen LogP contribution in [-0.4, -0.2) is 11.5 Å². The highest BCUT2D eigenvalue weighted by Gasteiger charge is 2.04. The van der Waals surface area contributed by atoms with Crippen LogP contribution in [-0.2, 0) is 6.42 Å². The van der Waals surface area contributed by atoms with E-state index in [1.54, 1.807) is 6.08 Å². The van der Waals surface area contributed by atoms with E-state index < -0.39 is 0 Å². The van der Waals surface area contributed by atoms with Crippen LogP contribution in [0.15, 0.2) is 59.5 Å². The molecule has 0 spiro atoms. The number of carbonyl (C=O) groups is 1. The highest BCUT2D eigenvalue weighted by atomic mass is 32.2. The van der Waals surface area contributed by atoms with Crippen molar-refractivity contribution in [3.63, 3.8) is 0 Å². The molecule has 0 atom stereocenters. The maximum Gasteiger partial charge on any atom is 0.185 e. The van der Waals surface area contributed by atoms with Gasteiger partial charge in [-0.3, -0.25) is 4.79 Å². The quantitative estimate of drug-likeness (QED) is 0.0864. The maximum absolute atomic E-state index is 12.6. The lowest BCUT2D eigenvalue weighted by molar-refractivity contribution is 0.104. The Morgan fingerprint density at radius 3 is 1.91 bits per heavy atom. The van der Waals surface area contributed by atoms with E-state index in [-0.39, 0.29) is 5.78 Å². The van der Waals surface area contributed by atoms with Crippen molar-refractivity contribution in [1.82, 2.24) is 0 Å². The Kier molecular flexibility index (Phi) is 15.5. The number of ketones is 1. The maximum atomic E-state index is 12.6. The van der Waals surface area contributed by atoms with Crippen LogP contribution in [0.4, 0.5) is 0 Å². The van der Waals surface area contributed by atoms with Crippen molar-refractivity contribution in [3.8, 4) is 0 Å². The van der Waals surface area contributed by atoms with Gasteiger partial charge in [-0.2, -0.15) is 0 Å². The van der Waals surface area contributed by atoms with Gasteiger partial charge in [0.2, 0.25) is 0 Å². The molecule has 0 unspecified atom stereocenters. The van der Waals surface area contributed by atoms with Crippen molar-refractivity contribution >= 4 is 23.6 Å². The van der Waals surface area contributed by atoms with Crippen LogP contribution in [0.1, 0.15) is 119 Å². The Bertz CT molecular complexity index is 821. The van der Waals surface area contributed by atoms with Crippen molar-refractivity contribution in [3.05, 3.63) is 71.3 Å². The van der Waals surface area contributed by atoms with Gasteiger partial charge in [-0.25, -0.2) is 0 Å². The van der Waals surface area contributed by atoms with Gasteiger partial charge < -0.3 is 0 Å². The summed E-state index contributed by atoms with van der Waals surface area (Å²) in [5, 5.41) is 0. The molecule has 2 heteroatoms. The molecule has 0 aliphatic rings. The smallest absolute Gasteiger partial charge is 0.185 e. The van der Waals surface area contributed by atoms with Gasteiger partial charge in [0.15, 0.2) is 5.78 Å². The summed E-state index contributed by atoms with van der Waals surface area (Å²) in [6.45, 7) is 4.47. The zero-order valence-electron chi connectivity index (χ0n) is 21.7. The molecule has 0 N–H and O–H groups in total. The minimum atomic E-state index is 0.0730. The SMILES string of the molecule is CCCCCCCCCCCCCCSc1ccc(C(=O)C=Cc2ccccc2CCC)cc1. The molecule has 0 fully saturated rings. The van der Waals surface area contributed by atoms with Gasteiger partial charge in [-0.1, -0.05) is 121 Å². The summed E-state index contributed by atoms with van der Waals surface area (Å²) in [5.41, 5.74) is 3.21. The molecule has 0 saturated carbocycles. The molecule has 1 nitrogen and oxygen atoms in total. The van der Waals surface area contributed by atoms with Gasteiger partial charge in [-0.05, 0) is 60.1 Å². The van der Waals surface area contributed by atoms with E-state index in [1.165, 1.54) is 93.3 Å². The highest BCUT2D eigenvalue weighted by Crippen LogP contribution is 2.21. The molecule has 2 rings (SSSR count). The summed E-state index contributed by atoms with van der Waals surface area (Å²) in [6.07, 6.45) is 22.5. The molecule has 0 aliphatic heterocycles. The number of benzene rings is 2. The molecule has 0 saturated heterocycles. The molecule has 2 aromatic carbocycles. The number of thioether (sulfide) groups is 1. The second kappa shape index (κ2) is 18.5. The molecule has 186 valence electrons. The van der Waals surface area contributed by atoms with Gasteiger partial charge in [0.05, 0.1) is 0 Å². The number of unbranched alkanes of at least 4 members (excludes halogenated alkanes) is 11. The van der Waals surface area contributed by atoms with E-state index in [0.29, 0.717) is 0 Å². The fourth-order valence-electron chi connectivity index (χ4n) is 4.30. The first-order valence-electron chi connectivity index (χ1n) is 13.8. The Morgan fingerprint density at radius 2 is 1.29 bits per heavy atom. The summed E-state index contributed by atoms with van der Waals surface area (Å²) in [4.78, 5) is 13.9. The van der Waals surface area contributed by atoms with Crippen LogP contribution in [0.25, 0.3) is 6.08 Å². The van der Waals surface area contributed by atoms with Crippen molar-refractivity contribution in [2.75, 3.05) is 5.75 Å². The summed E-state index contributed by atoms with van der Waals surface area (Å²) in [6, 6.07) is 16.5. The zero-order chi connectivity index (χ0) is 24.3. The van der Waals surface area contributed by atoms with E-state index in [9.17, 15) is 4.79 Å². The number of hydrogen-bond donors (Lipinski definition) is 0. The minimum absolute atomic E-state index is 0.0730. The Labute approximate surface area is 213 Å². The van der Waals surface area contributed by atoms with Gasteiger partial charge >= 0.3 is 0 Å². The summed E-state index contributed by atoms with van der Waals surface area (Å²) in [5.74, 6) is 1.24. The summed E-state index contributed by atoms with van der Waals surface area (Å²) >= 11 is 1.91. The van der Waals surface area contributed by atoms with Gasteiger partial charge in [0.25, 0.3) is 0 Å². The summed E-state index contributed by atoms with van der Waals surface area (Å²) in [7, 11) is 0. The molecule has 34 heavy (non-hydrogen) atoms. The average Bonchev–Trinajstić information content (AvgIpc) is 2.86. The lowest BCUT2D eigenvalue weighted by Crippen LogP contribution is -1.94. The Morgan fingerprint density at radius 1 is 0.706 bits per heavy atom. The molecule has 0 aliphatic carbocycles. The van der Waals surface area contributed by atoms with Gasteiger partial charge in [0, 0.05) is 10.5 Å². The van der Waals surface area contributed by atoms with E-state index in [2.05, 4.69) is 44.2 Å². The molecule has 2 aromatic rings. The first-order chi connectivity index (χ1) is 16.7. The Balaban J connectivity index is 1.58. The largest absolute Gasteiger partial charge is 0.289 e. The fourth-order valence-corrected chi connectivity index (χ4v) is 5.22. The number of hydrogen-bond acceptors (Lipinski definition) is 2. The third-order valence-electron chi connectivity index (χ3n) is 6.39. The van der Waals surface area contributed by atoms with Crippen LogP contribution < -0.4 is 0 Å². The number of rotatable bonds is 19. The van der Waals surface area contributed by atoms with Crippen molar-refractivity contribution in [2.45, 2.75) is 109 Å². The van der Waals surface area contributed by atoms with Crippen molar-refractivity contribution in [2.24, 2.45) is 0 Å². The second-order valence-corrected chi connectivity index (χ2v) is 10.6. The Hall–Kier alpha value is -1.80. The van der Waals surface area contributed by atoms with E-state index >= 15 is 0 Å². The lowest BCUT2D eigenvalue weighted by Gasteiger charge is -2.05. The minimum Gasteiger partial charge on any atom is -0.289 e. The number of aryl methyl sites for hydroxylation is 1. The molecule has 0 heterocycles. The standard InChI is InChI=1S/C32H46OS/c1-3-5-6-7-8-9-10-11-12-13-14-17-27-34-31-24-21-30(22-25-31)32(33)26-23-29-20-16-15-19-28(29)18-4-2/h15-16,19-26H,3-14,17-18,27H2,1-2H3. The zero-order valence-corrected chi connectivity index (χ0v) is 22.5. The van der Waals surface area contributed by atoms with Crippen LogP contribution >= 0.6 is 11.8 Å². The monoisotopic (exact) mass is 478 g/mol. The van der Waals surface area contributed by atoms with Crippen LogP contribution in [0.5, 0.6) is 0 Å². The van der Waals surface area contributed by atoms with Crippen LogP contribution in [0.2, 0.25) is 0 Å². The van der Waals surface area contributed by atoms with Crippen molar-refractivity contribution in [1.29, 1.82) is 0 Å². The third kappa shape index (κ3) is 12.1. The van der Waals surface area contributed by atoms with Crippen LogP contribution in [0.3, 0.4) is 0 Å². The fraction of sp³-hybridized carbons (Fsp3) is 0.531. The normalized spacial score (nSPS) is 11.4. The predicted octanol–water partition coefficient (Wildman–Crippen LogP) is 10.3. The topological polar surface area (TPSA) is 17.1 Å². The van der Waals surface area contributed by atoms with Gasteiger partial charge in [0.1, 0.15) is 0 Å². The summed E-state index contributed by atoms with van der Waals surface area (Å²) < 4.78 is 0. The first kappa shape index (κ1) is 28.4. The molecule has 0 amide bonds. The van der Waals surface area contributed by atoms with E-state index in [0.717, 1.165) is 24.0 Å². The molecule has 0 bridgehead atoms. The molecule has 0 radical (unpaired) electrons. The average molecular weight is 479 g/mol.